The zero-order chi connectivity index (χ0) is 10.4. The fourth-order valence-corrected chi connectivity index (χ4v) is 2.56. The van der Waals surface area contributed by atoms with Gasteiger partial charge in [0, 0.05) is 0 Å². The largest absolute Gasteiger partial charge is 0.134 e. The van der Waals surface area contributed by atoms with E-state index < -0.39 is 0 Å². The first kappa shape index (κ1) is 9.83. The summed E-state index contributed by atoms with van der Waals surface area (Å²) in [5.41, 5.74) is 3.47. The third-order valence-electron chi connectivity index (χ3n) is 3.76. The Hall–Kier alpha value is -0.715. The quantitative estimate of drug-likeness (QED) is 0.546. The first-order valence-corrected chi connectivity index (χ1v) is 5.53. The Morgan fingerprint density at radius 3 is 2.14 bits per heavy atom. The minimum Gasteiger partial charge on any atom is -0.0673 e. The normalized spacial score (nSPS) is 22.3. The van der Waals surface area contributed by atoms with Gasteiger partial charge in [-0.3, -0.25) is 0 Å². The van der Waals surface area contributed by atoms with Crippen LogP contribution in [0, 0.1) is 0 Å². The lowest BCUT2D eigenvalue weighted by Gasteiger charge is -2.41. The van der Waals surface area contributed by atoms with Crippen molar-refractivity contribution < 1.29 is 0 Å². The maximum Gasteiger partial charge on any atom is 0.134 e. The van der Waals surface area contributed by atoms with Crippen molar-refractivity contribution in [2.45, 2.75) is 44.7 Å². The van der Waals surface area contributed by atoms with Gasteiger partial charge in [-0.25, -0.2) is 0 Å². The van der Waals surface area contributed by atoms with Crippen LogP contribution in [0.5, 0.6) is 0 Å². The lowest BCUT2D eigenvalue weighted by molar-refractivity contribution is 0.533. The smallest absolute Gasteiger partial charge is 0.0673 e. The highest BCUT2D eigenvalue weighted by Crippen LogP contribution is 2.41. The summed E-state index contributed by atoms with van der Waals surface area (Å²) in [5.74, 6) is 0. The van der Waals surface area contributed by atoms with Gasteiger partial charge < -0.3 is 0 Å². The van der Waals surface area contributed by atoms with E-state index in [0.717, 1.165) is 0 Å². The van der Waals surface area contributed by atoms with Crippen LogP contribution < -0.4 is 0 Å². The van der Waals surface area contributed by atoms with E-state index in [9.17, 15) is 0 Å². The summed E-state index contributed by atoms with van der Waals surface area (Å²) in [6.45, 7) is 9.45. The molecular weight excluding hydrogens is 167 g/mol. The molecule has 0 N–H and O–H groups in total. The average molecular weight is 186 g/mol. The SMILES string of the molecule is CC1(C)BCC(C)(C)c2ccccc21. The first-order valence-electron chi connectivity index (χ1n) is 5.53. The molecule has 1 aromatic rings. The molecule has 0 aromatic heterocycles. The molecule has 1 heterocycles. The van der Waals surface area contributed by atoms with Gasteiger partial charge in [0.15, 0.2) is 0 Å². The predicted molar refractivity (Wildman–Crippen MR) is 64.5 cm³/mol. The summed E-state index contributed by atoms with van der Waals surface area (Å²) in [6.07, 6.45) is 1.30. The summed E-state index contributed by atoms with van der Waals surface area (Å²) >= 11 is 0. The van der Waals surface area contributed by atoms with Crippen LogP contribution in [0.25, 0.3) is 0 Å². The van der Waals surface area contributed by atoms with Crippen LogP contribution in [0.4, 0.5) is 0 Å². The van der Waals surface area contributed by atoms with Crippen molar-refractivity contribution >= 4 is 7.28 Å². The molecule has 0 atom stereocenters. The number of rotatable bonds is 0. The first-order chi connectivity index (χ1) is 6.43. The van der Waals surface area contributed by atoms with Crippen LogP contribution in [-0.2, 0) is 10.7 Å². The second-order valence-electron chi connectivity index (χ2n) is 5.81. The summed E-state index contributed by atoms with van der Waals surface area (Å²) in [5, 5.41) is 0.367. The van der Waals surface area contributed by atoms with Crippen molar-refractivity contribution in [1.29, 1.82) is 0 Å². The molecule has 74 valence electrons. The van der Waals surface area contributed by atoms with E-state index in [0.29, 0.717) is 10.7 Å². The standard InChI is InChI=1S/C13H19B/c1-12(2)9-14-13(3,4)11-8-6-5-7-10(11)12/h5-8,14H,9H2,1-4H3. The molecule has 0 unspecified atom stereocenters. The number of fused-ring (bicyclic) bond motifs is 1. The summed E-state index contributed by atoms with van der Waals surface area (Å²) in [7, 11) is 1.30. The molecule has 0 saturated heterocycles. The van der Waals surface area contributed by atoms with Crippen molar-refractivity contribution in [3.8, 4) is 0 Å². The summed E-state index contributed by atoms with van der Waals surface area (Å²) < 4.78 is 0. The van der Waals surface area contributed by atoms with Crippen LogP contribution in [0.2, 0.25) is 6.32 Å². The number of hydrogen-bond donors (Lipinski definition) is 0. The van der Waals surface area contributed by atoms with E-state index in [1.54, 1.807) is 11.1 Å². The maximum atomic E-state index is 2.36. The zero-order valence-corrected chi connectivity index (χ0v) is 9.72. The summed E-state index contributed by atoms with van der Waals surface area (Å²) in [6, 6.07) is 8.94. The van der Waals surface area contributed by atoms with Gasteiger partial charge in [-0.1, -0.05) is 58.3 Å². The van der Waals surface area contributed by atoms with E-state index in [1.807, 2.05) is 0 Å². The average Bonchev–Trinajstić information content (AvgIpc) is 2.14. The van der Waals surface area contributed by atoms with Crippen LogP contribution in [0.15, 0.2) is 24.3 Å². The molecule has 0 saturated carbocycles. The Kier molecular flexibility index (Phi) is 2.03. The minimum absolute atomic E-state index is 0.367. The van der Waals surface area contributed by atoms with E-state index in [4.69, 9.17) is 0 Å². The van der Waals surface area contributed by atoms with Crippen molar-refractivity contribution in [3.63, 3.8) is 0 Å². The van der Waals surface area contributed by atoms with Crippen LogP contribution >= 0.6 is 0 Å². The highest BCUT2D eigenvalue weighted by molar-refractivity contribution is 6.41. The second-order valence-corrected chi connectivity index (χ2v) is 5.81. The van der Waals surface area contributed by atoms with E-state index >= 15 is 0 Å². The Morgan fingerprint density at radius 2 is 1.57 bits per heavy atom. The Balaban J connectivity index is 2.61. The fourth-order valence-electron chi connectivity index (χ4n) is 2.56. The van der Waals surface area contributed by atoms with Crippen molar-refractivity contribution in [2.75, 3.05) is 0 Å². The molecule has 0 spiro atoms. The van der Waals surface area contributed by atoms with Crippen molar-refractivity contribution in [3.05, 3.63) is 35.4 Å². The van der Waals surface area contributed by atoms with Crippen LogP contribution in [0.1, 0.15) is 38.8 Å². The molecule has 1 aliphatic heterocycles. The fraction of sp³-hybridized carbons (Fsp3) is 0.538. The van der Waals surface area contributed by atoms with E-state index in [1.165, 1.54) is 13.6 Å². The highest BCUT2D eigenvalue weighted by atomic mass is 14.3. The monoisotopic (exact) mass is 186 g/mol. The van der Waals surface area contributed by atoms with Gasteiger partial charge in [-0.05, 0) is 21.9 Å². The number of benzene rings is 1. The molecule has 0 aliphatic carbocycles. The van der Waals surface area contributed by atoms with Gasteiger partial charge in [-0.2, -0.15) is 0 Å². The van der Waals surface area contributed by atoms with Gasteiger partial charge >= 0.3 is 0 Å². The van der Waals surface area contributed by atoms with Gasteiger partial charge in [0.1, 0.15) is 7.28 Å². The molecule has 2 rings (SSSR count). The molecule has 0 bridgehead atoms. The zero-order valence-electron chi connectivity index (χ0n) is 9.72. The van der Waals surface area contributed by atoms with Gasteiger partial charge in [0.05, 0.1) is 0 Å². The summed E-state index contributed by atoms with van der Waals surface area (Å²) in [4.78, 5) is 0. The molecule has 0 fully saturated rings. The molecule has 1 aromatic carbocycles. The van der Waals surface area contributed by atoms with Crippen molar-refractivity contribution in [1.82, 2.24) is 0 Å². The molecule has 1 aliphatic rings. The van der Waals surface area contributed by atoms with Gasteiger partial charge in [0.2, 0.25) is 0 Å². The molecule has 0 amide bonds. The third-order valence-corrected chi connectivity index (χ3v) is 3.76. The highest BCUT2D eigenvalue weighted by Gasteiger charge is 2.37. The Bertz CT molecular complexity index is 315. The second kappa shape index (κ2) is 2.89. The van der Waals surface area contributed by atoms with Crippen LogP contribution in [-0.4, -0.2) is 7.28 Å². The van der Waals surface area contributed by atoms with Gasteiger partial charge in [-0.15, -0.1) is 0 Å². The van der Waals surface area contributed by atoms with E-state index in [2.05, 4.69) is 52.0 Å². The molecule has 14 heavy (non-hydrogen) atoms. The Labute approximate surface area is 88.0 Å². The van der Waals surface area contributed by atoms with Crippen LogP contribution in [0.3, 0.4) is 0 Å². The maximum absolute atomic E-state index is 2.36. The third kappa shape index (κ3) is 1.39. The molecule has 0 radical (unpaired) electrons. The molecule has 0 nitrogen and oxygen atoms in total. The Morgan fingerprint density at radius 1 is 1.00 bits per heavy atom. The topological polar surface area (TPSA) is 0 Å². The van der Waals surface area contributed by atoms with Crippen molar-refractivity contribution in [2.24, 2.45) is 0 Å². The lowest BCUT2D eigenvalue weighted by atomic mass is 9.41. The lowest BCUT2D eigenvalue weighted by Crippen LogP contribution is -2.39. The van der Waals surface area contributed by atoms with E-state index in [-0.39, 0.29) is 0 Å². The molecule has 1 heteroatoms. The predicted octanol–water partition coefficient (Wildman–Crippen LogP) is 3.07. The minimum atomic E-state index is 0.367. The van der Waals surface area contributed by atoms with Gasteiger partial charge in [0.25, 0.3) is 0 Å². The number of hydrogen-bond acceptors (Lipinski definition) is 0. The molecular formula is C13H19B.